The predicted molar refractivity (Wildman–Crippen MR) is 140 cm³/mol. The maximum Gasteiger partial charge on any atom is 0.270 e. The van der Waals surface area contributed by atoms with E-state index in [2.05, 4.69) is 0 Å². The van der Waals surface area contributed by atoms with E-state index in [1.54, 1.807) is 18.2 Å². The topological polar surface area (TPSA) is 119 Å². The molecule has 10 nitrogen and oxygen atoms in total. The van der Waals surface area contributed by atoms with Gasteiger partial charge in [-0.15, -0.1) is 0 Å². The second kappa shape index (κ2) is 8.52. The second-order valence-corrected chi connectivity index (χ2v) is 9.82. The normalized spacial score (nSPS) is 24.3. The van der Waals surface area contributed by atoms with Crippen LogP contribution >= 0.6 is 0 Å². The van der Waals surface area contributed by atoms with Crippen molar-refractivity contribution < 1.29 is 28.8 Å². The zero-order valence-electron chi connectivity index (χ0n) is 20.4. The van der Waals surface area contributed by atoms with Crippen molar-refractivity contribution >= 4 is 40.7 Å². The first-order valence-corrected chi connectivity index (χ1v) is 12.6. The van der Waals surface area contributed by atoms with Gasteiger partial charge in [0.05, 0.1) is 28.5 Å². The standard InChI is InChI=1S/C29H21N3O7/c33-27(17-5-3-6-19(14-17)32(36)37)26-25-24(21-10-8-16-4-1-2-7-20(16)31(21)26)28(34)30(29(25)35)18-9-11-22-23(15-18)39-13-12-38-22/h1-11,14-15,21,24-26H,12-13H2/t21-,24+,25-,26-/m0/s1. The molecule has 0 unspecified atom stereocenters. The molecule has 4 atom stereocenters. The van der Waals surface area contributed by atoms with E-state index in [0.717, 1.165) is 16.2 Å². The quantitative estimate of drug-likeness (QED) is 0.220. The van der Waals surface area contributed by atoms with Gasteiger partial charge in [0.1, 0.15) is 19.3 Å². The zero-order chi connectivity index (χ0) is 26.8. The average Bonchev–Trinajstić information content (AvgIpc) is 3.44. The molecule has 2 saturated heterocycles. The first kappa shape index (κ1) is 23.2. The number of fused-ring (bicyclic) bond motifs is 6. The lowest BCUT2D eigenvalue weighted by atomic mass is 9.86. The number of para-hydroxylation sites is 1. The Hall–Kier alpha value is -4.99. The molecule has 10 heteroatoms. The number of amides is 2. The molecule has 0 radical (unpaired) electrons. The van der Waals surface area contributed by atoms with E-state index in [1.807, 2.05) is 41.3 Å². The molecule has 4 aliphatic heterocycles. The van der Waals surface area contributed by atoms with E-state index in [9.17, 15) is 24.5 Å². The smallest absolute Gasteiger partial charge is 0.270 e. The van der Waals surface area contributed by atoms with Crippen LogP contribution in [0.1, 0.15) is 15.9 Å². The van der Waals surface area contributed by atoms with E-state index in [4.69, 9.17) is 9.47 Å². The van der Waals surface area contributed by atoms with Gasteiger partial charge in [0.2, 0.25) is 11.8 Å². The zero-order valence-corrected chi connectivity index (χ0v) is 20.4. The number of nitrogens with zero attached hydrogens (tertiary/aromatic N) is 3. The van der Waals surface area contributed by atoms with Crippen molar-refractivity contribution in [3.63, 3.8) is 0 Å². The summed E-state index contributed by atoms with van der Waals surface area (Å²) in [5.41, 5.74) is 1.82. The third-order valence-electron chi connectivity index (χ3n) is 7.81. The molecule has 7 rings (SSSR count). The SMILES string of the molecule is O=C(c1cccc([N+](=O)[O-])c1)[C@@H]1[C@H]2C(=O)N(c3ccc4c(c3)OCCO4)C(=O)[C@@H]2[C@@H]2C=Cc3ccccc3N12. The first-order chi connectivity index (χ1) is 18.9. The molecule has 0 saturated carbocycles. The Morgan fingerprint density at radius 3 is 2.49 bits per heavy atom. The summed E-state index contributed by atoms with van der Waals surface area (Å²) in [5, 5.41) is 11.4. The van der Waals surface area contributed by atoms with Crippen LogP contribution in [0.4, 0.5) is 17.1 Å². The van der Waals surface area contributed by atoms with Crippen LogP contribution < -0.4 is 19.3 Å². The highest BCUT2D eigenvalue weighted by Crippen LogP contribution is 2.50. The van der Waals surface area contributed by atoms with Crippen LogP contribution in [-0.4, -0.2) is 47.8 Å². The largest absolute Gasteiger partial charge is 0.486 e. The molecular weight excluding hydrogens is 502 g/mol. The summed E-state index contributed by atoms with van der Waals surface area (Å²) in [6.07, 6.45) is 3.76. The molecule has 4 heterocycles. The van der Waals surface area contributed by atoms with Gasteiger partial charge in [0.15, 0.2) is 17.3 Å². The van der Waals surface area contributed by atoms with Crippen molar-refractivity contribution in [3.05, 3.63) is 94.0 Å². The van der Waals surface area contributed by atoms with Crippen molar-refractivity contribution in [1.29, 1.82) is 0 Å². The minimum absolute atomic E-state index is 0.110. The number of non-ortho nitro benzene ring substituents is 1. The van der Waals surface area contributed by atoms with Crippen molar-refractivity contribution in [2.75, 3.05) is 23.0 Å². The highest BCUT2D eigenvalue weighted by Gasteiger charge is 2.64. The van der Waals surface area contributed by atoms with Crippen LogP contribution in [0.15, 0.2) is 72.8 Å². The molecule has 0 aromatic heterocycles. The van der Waals surface area contributed by atoms with E-state index >= 15 is 0 Å². The lowest BCUT2D eigenvalue weighted by Gasteiger charge is -2.36. The van der Waals surface area contributed by atoms with Gasteiger partial charge >= 0.3 is 0 Å². The lowest BCUT2D eigenvalue weighted by molar-refractivity contribution is -0.384. The van der Waals surface area contributed by atoms with Gasteiger partial charge < -0.3 is 14.4 Å². The number of benzene rings is 3. The molecule has 0 N–H and O–H groups in total. The summed E-state index contributed by atoms with van der Waals surface area (Å²) < 4.78 is 11.2. The van der Waals surface area contributed by atoms with Crippen LogP contribution in [0.5, 0.6) is 11.5 Å². The van der Waals surface area contributed by atoms with Gasteiger partial charge in [-0.2, -0.15) is 0 Å². The van der Waals surface area contributed by atoms with Crippen molar-refractivity contribution in [2.45, 2.75) is 12.1 Å². The van der Waals surface area contributed by atoms with Crippen molar-refractivity contribution in [3.8, 4) is 11.5 Å². The Bertz CT molecular complexity index is 1620. The third-order valence-corrected chi connectivity index (χ3v) is 7.81. The van der Waals surface area contributed by atoms with Crippen LogP contribution in [0.2, 0.25) is 0 Å². The third kappa shape index (κ3) is 3.37. The number of anilines is 2. The summed E-state index contributed by atoms with van der Waals surface area (Å²) in [7, 11) is 0. The number of ketones is 1. The van der Waals surface area contributed by atoms with Gasteiger partial charge in [0, 0.05) is 29.4 Å². The van der Waals surface area contributed by atoms with E-state index in [-0.39, 0.29) is 11.3 Å². The second-order valence-electron chi connectivity index (χ2n) is 9.82. The molecule has 0 aliphatic carbocycles. The van der Waals surface area contributed by atoms with E-state index < -0.39 is 46.4 Å². The maximum atomic E-state index is 14.1. The molecule has 3 aromatic rings. The number of carbonyl (C=O) groups is 3. The Balaban J connectivity index is 1.34. The summed E-state index contributed by atoms with van der Waals surface area (Å²) in [5.74, 6) is -2.19. The molecule has 0 spiro atoms. The van der Waals surface area contributed by atoms with Crippen LogP contribution in [0, 0.1) is 22.0 Å². The molecule has 3 aromatic carbocycles. The summed E-state index contributed by atoms with van der Waals surface area (Å²) in [4.78, 5) is 55.9. The fourth-order valence-corrected chi connectivity index (χ4v) is 6.18. The summed E-state index contributed by atoms with van der Waals surface area (Å²) in [6, 6.07) is 16.3. The Labute approximate surface area is 222 Å². The van der Waals surface area contributed by atoms with Gasteiger partial charge in [-0.25, -0.2) is 4.90 Å². The average molecular weight is 524 g/mol. The molecule has 2 amide bonds. The molecule has 194 valence electrons. The van der Waals surface area contributed by atoms with Crippen molar-refractivity contribution in [1.82, 2.24) is 0 Å². The number of Topliss-reactive ketones (excluding diaryl/α,β-unsaturated/α-hetero) is 1. The summed E-state index contributed by atoms with van der Waals surface area (Å²) >= 11 is 0. The van der Waals surface area contributed by atoms with E-state index in [1.165, 1.54) is 24.3 Å². The Morgan fingerprint density at radius 1 is 0.897 bits per heavy atom. The van der Waals surface area contributed by atoms with E-state index in [0.29, 0.717) is 30.4 Å². The van der Waals surface area contributed by atoms with Gasteiger partial charge in [-0.05, 0) is 23.8 Å². The highest BCUT2D eigenvalue weighted by atomic mass is 16.6. The Morgan fingerprint density at radius 2 is 1.67 bits per heavy atom. The van der Waals surface area contributed by atoms with Crippen LogP contribution in [0.25, 0.3) is 6.08 Å². The highest BCUT2D eigenvalue weighted by molar-refractivity contribution is 6.25. The number of nitro benzene ring substituents is 1. The van der Waals surface area contributed by atoms with Gasteiger partial charge in [0.25, 0.3) is 5.69 Å². The monoisotopic (exact) mass is 523 g/mol. The van der Waals surface area contributed by atoms with Crippen molar-refractivity contribution in [2.24, 2.45) is 11.8 Å². The van der Waals surface area contributed by atoms with Crippen LogP contribution in [0.3, 0.4) is 0 Å². The molecule has 0 bridgehead atoms. The van der Waals surface area contributed by atoms with Gasteiger partial charge in [-0.1, -0.05) is 42.5 Å². The fraction of sp³-hybridized carbons (Fsp3) is 0.207. The molecule has 2 fully saturated rings. The van der Waals surface area contributed by atoms with Crippen LogP contribution in [-0.2, 0) is 9.59 Å². The molecule has 4 aliphatic rings. The predicted octanol–water partition coefficient (Wildman–Crippen LogP) is 3.64. The Kier molecular flexibility index (Phi) is 5.06. The number of ether oxygens (including phenoxy) is 2. The number of nitro groups is 1. The number of hydrogen-bond acceptors (Lipinski definition) is 8. The summed E-state index contributed by atoms with van der Waals surface area (Å²) in [6.45, 7) is 0.759. The van der Waals surface area contributed by atoms with Gasteiger partial charge in [-0.3, -0.25) is 24.5 Å². The number of rotatable bonds is 4. The minimum Gasteiger partial charge on any atom is -0.486 e. The molecule has 39 heavy (non-hydrogen) atoms. The maximum absolute atomic E-state index is 14.1. The molecular formula is C29H21N3O7. The number of carbonyl (C=O) groups excluding carboxylic acids is 3. The number of imide groups is 1. The first-order valence-electron chi connectivity index (χ1n) is 12.6. The lowest BCUT2D eigenvalue weighted by Crippen LogP contribution is -2.48. The fourth-order valence-electron chi connectivity index (χ4n) is 6.18. The minimum atomic E-state index is -1.04. The number of hydrogen-bond donors (Lipinski definition) is 0.